The van der Waals surface area contributed by atoms with Gasteiger partial charge in [-0.25, -0.2) is 4.68 Å². The lowest BCUT2D eigenvalue weighted by atomic mass is 10.1. The Morgan fingerprint density at radius 2 is 1.89 bits per heavy atom. The second-order valence-corrected chi connectivity index (χ2v) is 6.98. The SMILES string of the molecule is Cc1ccc(Cn2nc(C)c(C(=O)NCc3nnc4ccccn34)c2Cl)cc1. The molecule has 0 unspecified atom stereocenters. The van der Waals surface area contributed by atoms with Gasteiger partial charge < -0.3 is 5.32 Å². The van der Waals surface area contributed by atoms with Crippen molar-refractivity contribution < 1.29 is 4.79 Å². The van der Waals surface area contributed by atoms with Gasteiger partial charge in [-0.2, -0.15) is 5.10 Å². The summed E-state index contributed by atoms with van der Waals surface area (Å²) in [7, 11) is 0. The van der Waals surface area contributed by atoms with Crippen LogP contribution in [0.25, 0.3) is 5.65 Å². The van der Waals surface area contributed by atoms with E-state index in [1.807, 2.05) is 60.0 Å². The van der Waals surface area contributed by atoms with Crippen LogP contribution < -0.4 is 5.32 Å². The maximum atomic E-state index is 12.7. The molecule has 3 aromatic heterocycles. The summed E-state index contributed by atoms with van der Waals surface area (Å²) in [6.45, 7) is 4.56. The summed E-state index contributed by atoms with van der Waals surface area (Å²) in [6, 6.07) is 13.8. The normalized spacial score (nSPS) is 11.1. The van der Waals surface area contributed by atoms with Crippen LogP contribution in [0.15, 0.2) is 48.7 Å². The predicted molar refractivity (Wildman–Crippen MR) is 106 cm³/mol. The number of halogens is 1. The highest BCUT2D eigenvalue weighted by molar-refractivity contribution is 6.33. The average molecular weight is 395 g/mol. The number of carbonyl (C=O) groups is 1. The highest BCUT2D eigenvalue weighted by Gasteiger charge is 2.20. The summed E-state index contributed by atoms with van der Waals surface area (Å²) in [5.74, 6) is 0.357. The highest BCUT2D eigenvalue weighted by atomic mass is 35.5. The first-order chi connectivity index (χ1) is 13.5. The van der Waals surface area contributed by atoms with Crippen LogP contribution in [0.2, 0.25) is 5.15 Å². The van der Waals surface area contributed by atoms with Gasteiger partial charge in [0.25, 0.3) is 5.91 Å². The van der Waals surface area contributed by atoms with Crippen LogP contribution in [0.5, 0.6) is 0 Å². The van der Waals surface area contributed by atoms with Crippen molar-refractivity contribution in [2.45, 2.75) is 26.9 Å². The van der Waals surface area contributed by atoms with Gasteiger partial charge in [-0.05, 0) is 31.5 Å². The molecule has 7 nitrogen and oxygen atoms in total. The van der Waals surface area contributed by atoms with E-state index in [1.165, 1.54) is 5.56 Å². The maximum Gasteiger partial charge on any atom is 0.256 e. The summed E-state index contributed by atoms with van der Waals surface area (Å²) in [5, 5.41) is 15.8. The minimum atomic E-state index is -0.287. The van der Waals surface area contributed by atoms with Gasteiger partial charge in [-0.15, -0.1) is 10.2 Å². The number of amides is 1. The van der Waals surface area contributed by atoms with Crippen LogP contribution in [-0.4, -0.2) is 30.3 Å². The van der Waals surface area contributed by atoms with Gasteiger partial charge in [-0.1, -0.05) is 47.5 Å². The molecule has 0 spiro atoms. The number of aromatic nitrogens is 5. The number of nitrogens with one attached hydrogen (secondary N) is 1. The maximum absolute atomic E-state index is 12.7. The third kappa shape index (κ3) is 3.48. The van der Waals surface area contributed by atoms with Crippen molar-refractivity contribution in [3.63, 3.8) is 0 Å². The Morgan fingerprint density at radius 1 is 1.11 bits per heavy atom. The Morgan fingerprint density at radius 3 is 2.68 bits per heavy atom. The molecule has 0 aliphatic rings. The van der Waals surface area contributed by atoms with Gasteiger partial charge in [0.15, 0.2) is 11.5 Å². The second kappa shape index (κ2) is 7.44. The fraction of sp³-hybridized carbons (Fsp3) is 0.200. The molecule has 0 atom stereocenters. The molecule has 0 saturated carbocycles. The smallest absolute Gasteiger partial charge is 0.256 e. The third-order valence-electron chi connectivity index (χ3n) is 4.54. The zero-order valence-electron chi connectivity index (χ0n) is 15.6. The van der Waals surface area contributed by atoms with Crippen LogP contribution in [-0.2, 0) is 13.1 Å². The van der Waals surface area contributed by atoms with Crippen molar-refractivity contribution in [1.82, 2.24) is 29.7 Å². The van der Waals surface area contributed by atoms with Crippen LogP contribution in [0.1, 0.15) is 33.0 Å². The summed E-state index contributed by atoms with van der Waals surface area (Å²) in [5.41, 5.74) is 3.94. The minimum Gasteiger partial charge on any atom is -0.345 e. The van der Waals surface area contributed by atoms with E-state index in [4.69, 9.17) is 11.6 Å². The molecule has 4 aromatic rings. The van der Waals surface area contributed by atoms with Gasteiger partial charge in [0.1, 0.15) is 5.15 Å². The molecule has 4 rings (SSSR count). The van der Waals surface area contributed by atoms with E-state index < -0.39 is 0 Å². The number of rotatable bonds is 5. The van der Waals surface area contributed by atoms with Crippen molar-refractivity contribution in [3.05, 3.63) is 82.0 Å². The predicted octanol–water partition coefficient (Wildman–Crippen LogP) is 3.17. The number of carbonyl (C=O) groups excluding carboxylic acids is 1. The Kier molecular flexibility index (Phi) is 4.83. The molecule has 3 heterocycles. The van der Waals surface area contributed by atoms with Crippen molar-refractivity contribution in [2.24, 2.45) is 0 Å². The van der Waals surface area contributed by atoms with E-state index in [1.54, 1.807) is 11.6 Å². The average Bonchev–Trinajstić information content (AvgIpc) is 3.22. The van der Waals surface area contributed by atoms with Gasteiger partial charge >= 0.3 is 0 Å². The molecule has 0 bridgehead atoms. The minimum absolute atomic E-state index is 0.239. The van der Waals surface area contributed by atoms with Gasteiger partial charge in [0.2, 0.25) is 0 Å². The van der Waals surface area contributed by atoms with Gasteiger partial charge in [0.05, 0.1) is 24.3 Å². The molecule has 8 heteroatoms. The van der Waals surface area contributed by atoms with Crippen molar-refractivity contribution in [3.8, 4) is 0 Å². The number of hydrogen-bond acceptors (Lipinski definition) is 4. The Labute approximate surface area is 167 Å². The third-order valence-corrected chi connectivity index (χ3v) is 4.92. The summed E-state index contributed by atoms with van der Waals surface area (Å²) >= 11 is 6.47. The lowest BCUT2D eigenvalue weighted by Crippen LogP contribution is -2.24. The molecule has 0 saturated heterocycles. The fourth-order valence-electron chi connectivity index (χ4n) is 3.04. The molecular weight excluding hydrogens is 376 g/mol. The molecule has 1 N–H and O–H groups in total. The number of fused-ring (bicyclic) bond motifs is 1. The van der Waals surface area contributed by atoms with E-state index >= 15 is 0 Å². The second-order valence-electron chi connectivity index (χ2n) is 6.62. The van der Waals surface area contributed by atoms with E-state index in [-0.39, 0.29) is 12.5 Å². The molecule has 0 aliphatic heterocycles. The Balaban J connectivity index is 1.51. The zero-order valence-corrected chi connectivity index (χ0v) is 16.3. The van der Waals surface area contributed by atoms with Crippen LogP contribution in [0.3, 0.4) is 0 Å². The number of aryl methyl sites for hydroxylation is 2. The molecule has 1 amide bonds. The van der Waals surface area contributed by atoms with Gasteiger partial charge in [0, 0.05) is 6.20 Å². The quantitative estimate of drug-likeness (QED) is 0.564. The van der Waals surface area contributed by atoms with Crippen molar-refractivity contribution in [2.75, 3.05) is 0 Å². The topological polar surface area (TPSA) is 77.1 Å². The van der Waals surface area contributed by atoms with E-state index in [2.05, 4.69) is 20.6 Å². The van der Waals surface area contributed by atoms with Crippen LogP contribution in [0, 0.1) is 13.8 Å². The largest absolute Gasteiger partial charge is 0.345 e. The van der Waals surface area contributed by atoms with E-state index in [0.29, 0.717) is 28.8 Å². The molecular formula is C20H19ClN6O. The molecule has 0 aliphatic carbocycles. The standard InChI is InChI=1S/C20H19ClN6O/c1-13-6-8-15(9-7-13)12-27-19(21)18(14(2)25-27)20(28)22-11-17-24-23-16-5-3-4-10-26(16)17/h3-10H,11-12H2,1-2H3,(H,22,28). The monoisotopic (exact) mass is 394 g/mol. The number of hydrogen-bond donors (Lipinski definition) is 1. The van der Waals surface area contributed by atoms with Crippen molar-refractivity contribution >= 4 is 23.2 Å². The number of pyridine rings is 1. The molecule has 1 aromatic carbocycles. The molecule has 0 fully saturated rings. The van der Waals surface area contributed by atoms with E-state index in [9.17, 15) is 4.79 Å². The molecule has 0 radical (unpaired) electrons. The first-order valence-corrected chi connectivity index (χ1v) is 9.26. The Hall–Kier alpha value is -3.19. The number of benzene rings is 1. The molecule has 142 valence electrons. The first-order valence-electron chi connectivity index (χ1n) is 8.88. The molecule has 28 heavy (non-hydrogen) atoms. The fourth-order valence-corrected chi connectivity index (χ4v) is 3.36. The highest BCUT2D eigenvalue weighted by Crippen LogP contribution is 2.21. The Bertz CT molecular complexity index is 1150. The van der Waals surface area contributed by atoms with Crippen LogP contribution >= 0.6 is 11.6 Å². The summed E-state index contributed by atoms with van der Waals surface area (Å²) in [6.07, 6.45) is 1.86. The first kappa shape index (κ1) is 18.2. The summed E-state index contributed by atoms with van der Waals surface area (Å²) < 4.78 is 3.47. The number of nitrogens with zero attached hydrogens (tertiary/aromatic N) is 5. The van der Waals surface area contributed by atoms with Crippen molar-refractivity contribution in [1.29, 1.82) is 0 Å². The van der Waals surface area contributed by atoms with Gasteiger partial charge in [-0.3, -0.25) is 9.20 Å². The van der Waals surface area contributed by atoms with E-state index in [0.717, 1.165) is 11.2 Å². The lowest BCUT2D eigenvalue weighted by molar-refractivity contribution is 0.0949. The summed E-state index contributed by atoms with van der Waals surface area (Å²) in [4.78, 5) is 12.7. The lowest BCUT2D eigenvalue weighted by Gasteiger charge is -2.06. The zero-order chi connectivity index (χ0) is 19.7. The van der Waals surface area contributed by atoms with Crippen LogP contribution in [0.4, 0.5) is 0 Å².